The van der Waals surface area contributed by atoms with Crippen molar-refractivity contribution in [1.29, 1.82) is 0 Å². The highest BCUT2D eigenvalue weighted by Gasteiger charge is 2.18. The number of hydrogen-bond acceptors (Lipinski definition) is 6. The van der Waals surface area contributed by atoms with Crippen molar-refractivity contribution in [3.63, 3.8) is 0 Å². The molecule has 0 aliphatic heterocycles. The van der Waals surface area contributed by atoms with E-state index in [2.05, 4.69) is 0 Å². The van der Waals surface area contributed by atoms with Crippen molar-refractivity contribution in [2.45, 2.75) is 13.0 Å². The number of carboxylic acid groups (broad SMARTS) is 1. The highest BCUT2D eigenvalue weighted by Crippen LogP contribution is 2.11. The molecule has 1 N–H and O–H groups in total. The number of nitrogens with zero attached hydrogens (tertiary/aromatic N) is 1. The van der Waals surface area contributed by atoms with E-state index in [-0.39, 0.29) is 12.2 Å². The van der Waals surface area contributed by atoms with Crippen LogP contribution in [0.2, 0.25) is 4.34 Å². The van der Waals surface area contributed by atoms with E-state index in [1.54, 1.807) is 0 Å². The highest BCUT2D eigenvalue weighted by molar-refractivity contribution is 7.11. The van der Waals surface area contributed by atoms with Crippen LogP contribution in [0.1, 0.15) is 5.56 Å². The van der Waals surface area contributed by atoms with Crippen molar-refractivity contribution in [3.8, 4) is 0 Å². The van der Waals surface area contributed by atoms with E-state index < -0.39 is 11.9 Å². The SMILES string of the molecule is O=C(O)C(COCCOCCOCCn1sc(Cl)cc1=O)Cc1ccccc1. The summed E-state index contributed by atoms with van der Waals surface area (Å²) in [5, 5.41) is 9.30. The summed E-state index contributed by atoms with van der Waals surface area (Å²) in [6.07, 6.45) is 0.434. The molecule has 1 atom stereocenters. The first-order valence-corrected chi connectivity index (χ1v) is 10.1. The van der Waals surface area contributed by atoms with Crippen molar-refractivity contribution in [2.24, 2.45) is 5.92 Å². The Morgan fingerprint density at radius 2 is 1.71 bits per heavy atom. The summed E-state index contributed by atoms with van der Waals surface area (Å²) < 4.78 is 18.2. The third-order valence-corrected chi connectivity index (χ3v) is 5.05. The third-order valence-electron chi connectivity index (χ3n) is 3.86. The number of halogens is 1. The van der Waals surface area contributed by atoms with Crippen LogP contribution in [0.4, 0.5) is 0 Å². The van der Waals surface area contributed by atoms with Gasteiger partial charge in [-0.3, -0.25) is 13.5 Å². The lowest BCUT2D eigenvalue weighted by atomic mass is 10.0. The van der Waals surface area contributed by atoms with E-state index in [9.17, 15) is 14.7 Å². The zero-order valence-corrected chi connectivity index (χ0v) is 17.0. The summed E-state index contributed by atoms with van der Waals surface area (Å²) in [4.78, 5) is 22.8. The van der Waals surface area contributed by atoms with Gasteiger partial charge in [0.1, 0.15) is 4.34 Å². The molecule has 0 radical (unpaired) electrons. The zero-order chi connectivity index (χ0) is 20.2. The van der Waals surface area contributed by atoms with Crippen molar-refractivity contribution < 1.29 is 24.1 Å². The first-order valence-electron chi connectivity index (χ1n) is 8.93. The Bertz CT molecular complexity index is 763. The summed E-state index contributed by atoms with van der Waals surface area (Å²) in [6, 6.07) is 10.9. The summed E-state index contributed by atoms with van der Waals surface area (Å²) in [7, 11) is 0. The van der Waals surface area contributed by atoms with Gasteiger partial charge in [0.25, 0.3) is 5.56 Å². The zero-order valence-electron chi connectivity index (χ0n) is 15.4. The lowest BCUT2D eigenvalue weighted by Crippen LogP contribution is -2.23. The van der Waals surface area contributed by atoms with Crippen LogP contribution in [0.5, 0.6) is 0 Å². The lowest BCUT2D eigenvalue weighted by molar-refractivity contribution is -0.144. The predicted molar refractivity (Wildman–Crippen MR) is 107 cm³/mol. The number of rotatable bonds is 14. The van der Waals surface area contributed by atoms with E-state index in [0.29, 0.717) is 50.3 Å². The second kappa shape index (κ2) is 12.7. The van der Waals surface area contributed by atoms with Gasteiger partial charge in [-0.2, -0.15) is 0 Å². The van der Waals surface area contributed by atoms with E-state index in [0.717, 1.165) is 5.56 Å². The maximum Gasteiger partial charge on any atom is 0.309 e. The second-order valence-electron chi connectivity index (χ2n) is 6.00. The fraction of sp³-hybridized carbons (Fsp3) is 0.474. The minimum Gasteiger partial charge on any atom is -0.481 e. The molecule has 1 heterocycles. The fourth-order valence-corrected chi connectivity index (χ4v) is 3.45. The molecule has 1 unspecified atom stereocenters. The first-order chi connectivity index (χ1) is 13.6. The molecule has 0 fully saturated rings. The van der Waals surface area contributed by atoms with Gasteiger partial charge in [0.15, 0.2) is 0 Å². The minimum atomic E-state index is -0.871. The van der Waals surface area contributed by atoms with E-state index in [1.807, 2.05) is 30.3 Å². The molecule has 1 aromatic carbocycles. The van der Waals surface area contributed by atoms with Crippen LogP contribution in [0.15, 0.2) is 41.2 Å². The Kier molecular flexibility index (Phi) is 10.2. The van der Waals surface area contributed by atoms with Gasteiger partial charge < -0.3 is 19.3 Å². The fourth-order valence-electron chi connectivity index (χ4n) is 2.43. The smallest absolute Gasteiger partial charge is 0.309 e. The normalized spacial score (nSPS) is 12.2. The molecule has 0 saturated heterocycles. The van der Waals surface area contributed by atoms with Gasteiger partial charge in [-0.05, 0) is 23.5 Å². The molecule has 7 nitrogen and oxygen atoms in total. The van der Waals surface area contributed by atoms with Crippen molar-refractivity contribution >= 4 is 29.1 Å². The average molecular weight is 430 g/mol. The summed E-state index contributed by atoms with van der Waals surface area (Å²) in [6.45, 7) is 2.48. The molecule has 0 saturated carbocycles. The van der Waals surface area contributed by atoms with Crippen LogP contribution in [-0.2, 0) is 32.0 Å². The van der Waals surface area contributed by atoms with Gasteiger partial charge >= 0.3 is 5.97 Å². The van der Waals surface area contributed by atoms with Crippen LogP contribution < -0.4 is 5.56 Å². The lowest BCUT2D eigenvalue weighted by Gasteiger charge is -2.13. The Labute approximate surface area is 172 Å². The predicted octanol–water partition coefficient (Wildman–Crippen LogP) is 2.56. The van der Waals surface area contributed by atoms with Crippen molar-refractivity contribution in [2.75, 3.05) is 39.6 Å². The Hall–Kier alpha value is -1.71. The van der Waals surface area contributed by atoms with Gasteiger partial charge in [0, 0.05) is 6.07 Å². The Morgan fingerprint density at radius 3 is 2.32 bits per heavy atom. The number of carboxylic acids is 1. The molecule has 0 spiro atoms. The van der Waals surface area contributed by atoms with Crippen LogP contribution in [-0.4, -0.2) is 54.7 Å². The number of hydrogen-bond donors (Lipinski definition) is 1. The second-order valence-corrected chi connectivity index (χ2v) is 7.70. The van der Waals surface area contributed by atoms with Crippen LogP contribution >= 0.6 is 23.1 Å². The summed E-state index contributed by atoms with van der Waals surface area (Å²) in [5.41, 5.74) is 0.845. The molecule has 9 heteroatoms. The molecule has 28 heavy (non-hydrogen) atoms. The Morgan fingerprint density at radius 1 is 1.07 bits per heavy atom. The molecular formula is C19H24ClNO6S. The number of carbonyl (C=O) groups is 1. The largest absolute Gasteiger partial charge is 0.481 e. The molecule has 0 amide bonds. The van der Waals surface area contributed by atoms with Gasteiger partial charge in [-0.1, -0.05) is 41.9 Å². The summed E-state index contributed by atoms with van der Waals surface area (Å²) in [5.74, 6) is -1.45. The van der Waals surface area contributed by atoms with E-state index in [1.165, 1.54) is 21.6 Å². The maximum absolute atomic E-state index is 11.5. The van der Waals surface area contributed by atoms with Crippen LogP contribution in [0.3, 0.4) is 0 Å². The minimum absolute atomic E-state index is 0.126. The molecular weight excluding hydrogens is 406 g/mol. The molecule has 2 aromatic rings. The topological polar surface area (TPSA) is 87.0 Å². The first kappa shape index (κ1) is 22.6. The molecule has 2 rings (SSSR count). The monoisotopic (exact) mass is 429 g/mol. The van der Waals surface area contributed by atoms with Gasteiger partial charge in [0.2, 0.25) is 0 Å². The van der Waals surface area contributed by atoms with Gasteiger partial charge in [0.05, 0.1) is 52.1 Å². The van der Waals surface area contributed by atoms with E-state index in [4.69, 9.17) is 25.8 Å². The van der Waals surface area contributed by atoms with Crippen molar-refractivity contribution in [1.82, 2.24) is 3.96 Å². The number of aliphatic carboxylic acids is 1. The van der Waals surface area contributed by atoms with Crippen LogP contribution in [0, 0.1) is 5.92 Å². The van der Waals surface area contributed by atoms with Crippen LogP contribution in [0.25, 0.3) is 0 Å². The maximum atomic E-state index is 11.5. The molecule has 0 aliphatic rings. The molecule has 0 aliphatic carbocycles. The number of aromatic nitrogens is 1. The van der Waals surface area contributed by atoms with Gasteiger partial charge in [-0.15, -0.1) is 0 Å². The standard InChI is InChI=1S/C19H24ClNO6S/c20-17-13-18(22)21(28-17)6-7-25-8-9-26-10-11-27-14-16(19(23)24)12-15-4-2-1-3-5-15/h1-5,13,16H,6-12,14H2,(H,23,24). The molecule has 1 aromatic heterocycles. The highest BCUT2D eigenvalue weighted by atomic mass is 35.5. The van der Waals surface area contributed by atoms with E-state index >= 15 is 0 Å². The summed E-state index contributed by atoms with van der Waals surface area (Å²) >= 11 is 6.95. The quantitative estimate of drug-likeness (QED) is 0.464. The average Bonchev–Trinajstić information content (AvgIpc) is 3.00. The number of benzene rings is 1. The van der Waals surface area contributed by atoms with Crippen molar-refractivity contribution in [3.05, 3.63) is 56.7 Å². The molecule has 154 valence electrons. The third kappa shape index (κ3) is 8.53. The van der Waals surface area contributed by atoms with Gasteiger partial charge in [-0.25, -0.2) is 0 Å². The molecule has 0 bridgehead atoms. The number of ether oxygens (including phenoxy) is 3. The Balaban J connectivity index is 1.48.